The largest absolute Gasteiger partial charge is 0.306 e. The van der Waals surface area contributed by atoms with Crippen LogP contribution in [0.15, 0.2) is 60.9 Å². The summed E-state index contributed by atoms with van der Waals surface area (Å²) < 4.78 is 0. The van der Waals surface area contributed by atoms with Crippen molar-refractivity contribution in [2.24, 2.45) is 0 Å². The molecule has 1 amide bonds. The van der Waals surface area contributed by atoms with Crippen LogP contribution in [0.5, 0.6) is 0 Å². The minimum Gasteiger partial charge on any atom is -0.306 e. The molecular weight excluding hydrogens is 322 g/mol. The van der Waals surface area contributed by atoms with Crippen molar-refractivity contribution in [1.29, 1.82) is 5.26 Å². The maximum Gasteiger partial charge on any atom is 0.258 e. The number of carbonyl (C=O) groups is 1. The number of aryl methyl sites for hydroxylation is 1. The molecule has 3 aromatic rings. The van der Waals surface area contributed by atoms with E-state index in [9.17, 15) is 4.79 Å². The molecule has 4 heteroatoms. The van der Waals surface area contributed by atoms with Crippen molar-refractivity contribution >= 4 is 11.6 Å². The summed E-state index contributed by atoms with van der Waals surface area (Å²) in [6.45, 7) is 2.64. The van der Waals surface area contributed by atoms with E-state index in [1.807, 2.05) is 54.4 Å². The monoisotopic (exact) mass is 339 g/mol. The first kappa shape index (κ1) is 16.0. The first-order chi connectivity index (χ1) is 12.7. The molecule has 0 N–H and O–H groups in total. The Kier molecular flexibility index (Phi) is 3.98. The second kappa shape index (κ2) is 6.45. The van der Waals surface area contributed by atoms with E-state index in [1.165, 1.54) is 0 Å². The van der Waals surface area contributed by atoms with Gasteiger partial charge in [0.2, 0.25) is 0 Å². The van der Waals surface area contributed by atoms with Gasteiger partial charge in [-0.15, -0.1) is 0 Å². The zero-order valence-electron chi connectivity index (χ0n) is 14.4. The molecule has 0 spiro atoms. The fourth-order valence-electron chi connectivity index (χ4n) is 3.43. The molecule has 0 saturated carbocycles. The van der Waals surface area contributed by atoms with E-state index >= 15 is 0 Å². The second-order valence-corrected chi connectivity index (χ2v) is 6.45. The van der Waals surface area contributed by atoms with E-state index in [-0.39, 0.29) is 5.91 Å². The number of carbonyl (C=O) groups excluding carboxylic acids is 1. The third-order valence-corrected chi connectivity index (χ3v) is 4.75. The number of rotatable bonds is 2. The second-order valence-electron chi connectivity index (χ2n) is 6.45. The molecule has 4 nitrogen and oxygen atoms in total. The van der Waals surface area contributed by atoms with E-state index < -0.39 is 0 Å². The van der Waals surface area contributed by atoms with Crippen molar-refractivity contribution < 1.29 is 4.79 Å². The van der Waals surface area contributed by atoms with Gasteiger partial charge in [0.05, 0.1) is 23.5 Å². The Hall–Kier alpha value is -3.45. The molecule has 0 bridgehead atoms. The Labute approximate surface area is 152 Å². The molecule has 0 aliphatic carbocycles. The van der Waals surface area contributed by atoms with Crippen LogP contribution in [0.2, 0.25) is 0 Å². The van der Waals surface area contributed by atoms with Gasteiger partial charge >= 0.3 is 0 Å². The molecule has 2 heterocycles. The number of nitrogens with zero attached hydrogens (tertiary/aromatic N) is 3. The van der Waals surface area contributed by atoms with Crippen molar-refractivity contribution in [3.05, 3.63) is 83.2 Å². The Morgan fingerprint density at radius 2 is 1.96 bits per heavy atom. The molecule has 2 aromatic carbocycles. The summed E-state index contributed by atoms with van der Waals surface area (Å²) in [7, 11) is 0. The van der Waals surface area contributed by atoms with Crippen LogP contribution in [-0.4, -0.2) is 17.4 Å². The van der Waals surface area contributed by atoms with Crippen LogP contribution in [0.25, 0.3) is 11.1 Å². The van der Waals surface area contributed by atoms with E-state index in [1.54, 1.807) is 18.3 Å². The maximum atomic E-state index is 13.0. The number of fused-ring (bicyclic) bond motifs is 1. The molecule has 4 rings (SSSR count). The van der Waals surface area contributed by atoms with Gasteiger partial charge in [0.25, 0.3) is 5.91 Å². The van der Waals surface area contributed by atoms with Gasteiger partial charge in [0.1, 0.15) is 0 Å². The summed E-state index contributed by atoms with van der Waals surface area (Å²) in [5, 5.41) is 8.97. The van der Waals surface area contributed by atoms with E-state index in [2.05, 4.69) is 11.1 Å². The molecule has 0 unspecified atom stereocenters. The summed E-state index contributed by atoms with van der Waals surface area (Å²) >= 11 is 0. The zero-order chi connectivity index (χ0) is 18.1. The Balaban J connectivity index is 1.72. The Morgan fingerprint density at radius 1 is 1.15 bits per heavy atom. The molecule has 0 fully saturated rings. The maximum absolute atomic E-state index is 13.0. The summed E-state index contributed by atoms with van der Waals surface area (Å²) in [6.07, 6.45) is 4.40. The van der Waals surface area contributed by atoms with Crippen LogP contribution >= 0.6 is 0 Å². The highest BCUT2D eigenvalue weighted by molar-refractivity contribution is 6.07. The van der Waals surface area contributed by atoms with Gasteiger partial charge in [-0.3, -0.25) is 9.78 Å². The molecule has 26 heavy (non-hydrogen) atoms. The fourth-order valence-corrected chi connectivity index (χ4v) is 3.43. The lowest BCUT2D eigenvalue weighted by Gasteiger charge is -2.18. The quantitative estimate of drug-likeness (QED) is 0.705. The Bertz CT molecular complexity index is 1030. The zero-order valence-corrected chi connectivity index (χ0v) is 14.4. The van der Waals surface area contributed by atoms with Crippen LogP contribution in [0.1, 0.15) is 27.0 Å². The van der Waals surface area contributed by atoms with E-state index in [0.29, 0.717) is 17.7 Å². The van der Waals surface area contributed by atoms with Crippen LogP contribution < -0.4 is 4.90 Å². The highest BCUT2D eigenvalue weighted by Crippen LogP contribution is 2.36. The minimum absolute atomic E-state index is 0.00577. The minimum atomic E-state index is 0.00577. The molecule has 1 aliphatic rings. The molecule has 1 aromatic heterocycles. The first-order valence-electron chi connectivity index (χ1n) is 8.53. The third kappa shape index (κ3) is 2.74. The van der Waals surface area contributed by atoms with Crippen molar-refractivity contribution in [2.75, 3.05) is 11.4 Å². The average Bonchev–Trinajstić information content (AvgIpc) is 3.11. The molecule has 0 saturated heterocycles. The highest BCUT2D eigenvalue weighted by Gasteiger charge is 2.28. The van der Waals surface area contributed by atoms with Gasteiger partial charge in [-0.25, -0.2) is 0 Å². The molecule has 0 atom stereocenters. The number of hydrogen-bond acceptors (Lipinski definition) is 3. The summed E-state index contributed by atoms with van der Waals surface area (Å²) in [5.41, 5.74) is 6.43. The van der Waals surface area contributed by atoms with Crippen molar-refractivity contribution in [3.63, 3.8) is 0 Å². The lowest BCUT2D eigenvalue weighted by Crippen LogP contribution is -2.28. The summed E-state index contributed by atoms with van der Waals surface area (Å²) in [5.74, 6) is 0.00577. The highest BCUT2D eigenvalue weighted by atomic mass is 16.2. The smallest absolute Gasteiger partial charge is 0.258 e. The standard InChI is InChI=1S/C22H17N3O/c1-15-3-2-4-18(11-15)22(26)25-10-9-19-20(13-24-14-21(19)25)17-7-5-16(12-23)6-8-17/h2-8,11,13-14H,9-10H2,1H3. The number of pyridine rings is 1. The molecule has 126 valence electrons. The molecule has 0 radical (unpaired) electrons. The summed E-state index contributed by atoms with van der Waals surface area (Å²) in [6, 6.07) is 17.3. The number of aromatic nitrogens is 1. The van der Waals surface area contributed by atoms with Crippen LogP contribution in [0.4, 0.5) is 5.69 Å². The first-order valence-corrected chi connectivity index (χ1v) is 8.53. The number of hydrogen-bond donors (Lipinski definition) is 0. The van der Waals surface area contributed by atoms with Crippen molar-refractivity contribution in [1.82, 2.24) is 4.98 Å². The van der Waals surface area contributed by atoms with Gasteiger partial charge in [-0.1, -0.05) is 29.8 Å². The lowest BCUT2D eigenvalue weighted by atomic mass is 9.99. The van der Waals surface area contributed by atoms with Gasteiger partial charge in [-0.2, -0.15) is 5.26 Å². The van der Waals surface area contributed by atoms with E-state index in [0.717, 1.165) is 34.4 Å². The van der Waals surface area contributed by atoms with Crippen molar-refractivity contribution in [3.8, 4) is 17.2 Å². The van der Waals surface area contributed by atoms with Crippen LogP contribution in [0, 0.1) is 18.3 Å². The molecular formula is C22H17N3O. The van der Waals surface area contributed by atoms with Gasteiger partial charge in [0.15, 0.2) is 0 Å². The predicted octanol–water partition coefficient (Wildman–Crippen LogP) is 4.13. The fraction of sp³-hybridized carbons (Fsp3) is 0.136. The Morgan fingerprint density at radius 3 is 2.69 bits per heavy atom. The number of anilines is 1. The lowest BCUT2D eigenvalue weighted by molar-refractivity contribution is 0.0989. The van der Waals surface area contributed by atoms with Gasteiger partial charge in [-0.05, 0) is 48.7 Å². The predicted molar refractivity (Wildman–Crippen MR) is 101 cm³/mol. The van der Waals surface area contributed by atoms with E-state index in [4.69, 9.17) is 5.26 Å². The molecule has 1 aliphatic heterocycles. The van der Waals surface area contributed by atoms with Crippen LogP contribution in [-0.2, 0) is 6.42 Å². The number of benzene rings is 2. The van der Waals surface area contributed by atoms with Crippen LogP contribution in [0.3, 0.4) is 0 Å². The number of nitriles is 1. The average molecular weight is 339 g/mol. The third-order valence-electron chi connectivity index (χ3n) is 4.75. The van der Waals surface area contributed by atoms with Gasteiger partial charge < -0.3 is 4.90 Å². The normalized spacial score (nSPS) is 12.5. The topological polar surface area (TPSA) is 57.0 Å². The van der Waals surface area contributed by atoms with Crippen molar-refractivity contribution in [2.45, 2.75) is 13.3 Å². The summed E-state index contributed by atoms with van der Waals surface area (Å²) in [4.78, 5) is 19.1. The SMILES string of the molecule is Cc1cccc(C(=O)N2CCc3c(-c4ccc(C#N)cc4)cncc32)c1. The number of amides is 1. The van der Waals surface area contributed by atoms with Gasteiger partial charge in [0, 0.05) is 23.9 Å².